The summed E-state index contributed by atoms with van der Waals surface area (Å²) in [6.45, 7) is 2.05. The van der Waals surface area contributed by atoms with Gasteiger partial charge in [-0.3, -0.25) is 15.0 Å². The van der Waals surface area contributed by atoms with E-state index in [9.17, 15) is 13.6 Å². The van der Waals surface area contributed by atoms with Crippen LogP contribution in [0, 0.1) is 0 Å². The highest BCUT2D eigenvalue weighted by atomic mass is 19.3. The third-order valence-corrected chi connectivity index (χ3v) is 7.69. The summed E-state index contributed by atoms with van der Waals surface area (Å²) in [4.78, 5) is 13.1. The summed E-state index contributed by atoms with van der Waals surface area (Å²) in [6.07, 6.45) is 4.42. The van der Waals surface area contributed by atoms with E-state index in [0.717, 1.165) is 38.6 Å². The minimum absolute atomic E-state index is 0.110. The van der Waals surface area contributed by atoms with Crippen LogP contribution in [0.4, 0.5) is 8.78 Å². The number of alkyl halides is 2. The number of rotatable bonds is 3. The zero-order valence-corrected chi connectivity index (χ0v) is 20.1. The number of hydrogen-bond acceptors (Lipinski definition) is 3. The number of nitrogens with one attached hydrogen (secondary N) is 3. The number of halogens is 2. The lowest BCUT2D eigenvalue weighted by molar-refractivity contribution is 0.0365. The van der Waals surface area contributed by atoms with Gasteiger partial charge in [0.15, 0.2) is 0 Å². The molecule has 7 rings (SSSR count). The molecule has 3 N–H and O–H groups in total. The van der Waals surface area contributed by atoms with Gasteiger partial charge in [0.2, 0.25) is 0 Å². The fourth-order valence-corrected chi connectivity index (χ4v) is 5.63. The molecule has 2 aromatic carbocycles. The first-order chi connectivity index (χ1) is 18.0. The van der Waals surface area contributed by atoms with Crippen LogP contribution in [0.5, 0.6) is 0 Å². The fraction of sp³-hybridized carbons (Fsp3) is 0.321. The number of para-hydroxylation sites is 2. The molecule has 0 spiro atoms. The molecule has 4 heterocycles. The largest absolute Gasteiger partial charge is 0.375 e. The highest BCUT2D eigenvalue weighted by Crippen LogP contribution is 2.42. The Morgan fingerprint density at radius 3 is 2.32 bits per heavy atom. The molecule has 2 atom stereocenters. The van der Waals surface area contributed by atoms with Gasteiger partial charge in [-0.25, -0.2) is 8.78 Å². The molecule has 1 saturated carbocycles. The first-order valence-electron chi connectivity index (χ1n) is 12.7. The van der Waals surface area contributed by atoms with Gasteiger partial charge in [0.05, 0.1) is 30.0 Å². The number of fused-ring (bicyclic) bond motifs is 13. The molecule has 4 bridgehead atoms. The molecular formula is C28H27F2N5O2. The van der Waals surface area contributed by atoms with Crippen LogP contribution in [0.15, 0.2) is 65.7 Å². The standard InChI is InChI=1S/C28H27F2N5O2/c29-28(30)13-24(28)31-14-17-9-10-34-16-21(19-6-2-4-8-23(19)34)26-25(27(36)33-32-26)20-15-35(11-12-37-17)22-7-3-1-5-18(20)22/h1-8,15-17,24,31H,9-14H2,(H2,32,33,36)/t17-,24?/m0/s1. The minimum atomic E-state index is -2.61. The van der Waals surface area contributed by atoms with E-state index in [2.05, 4.69) is 43.0 Å². The number of aromatic nitrogens is 4. The molecule has 190 valence electrons. The maximum atomic E-state index is 13.5. The zero-order valence-electron chi connectivity index (χ0n) is 20.1. The topological polar surface area (TPSA) is 79.8 Å². The van der Waals surface area contributed by atoms with Gasteiger partial charge in [0.25, 0.3) is 11.5 Å². The van der Waals surface area contributed by atoms with Crippen LogP contribution in [-0.2, 0) is 17.8 Å². The number of H-pyrrole nitrogens is 2. The van der Waals surface area contributed by atoms with Crippen molar-refractivity contribution in [2.24, 2.45) is 0 Å². The van der Waals surface area contributed by atoms with Crippen molar-refractivity contribution in [1.29, 1.82) is 0 Å². The van der Waals surface area contributed by atoms with Crippen molar-refractivity contribution in [1.82, 2.24) is 24.6 Å². The van der Waals surface area contributed by atoms with Crippen molar-refractivity contribution in [3.8, 4) is 22.4 Å². The van der Waals surface area contributed by atoms with E-state index in [4.69, 9.17) is 4.74 Å². The molecule has 0 amide bonds. The van der Waals surface area contributed by atoms with Crippen molar-refractivity contribution in [3.63, 3.8) is 0 Å². The van der Waals surface area contributed by atoms with Crippen LogP contribution < -0.4 is 10.9 Å². The SMILES string of the molecule is O=c1[nH][nH]c2c1-c1cn(c3ccccc13)CCO[C@H](CNC1CC1(F)F)CCn1cc-2c2ccccc21. The highest BCUT2D eigenvalue weighted by Gasteiger charge is 2.56. The summed E-state index contributed by atoms with van der Waals surface area (Å²) in [5, 5.41) is 11.0. The Balaban J connectivity index is 1.36. The van der Waals surface area contributed by atoms with Crippen LogP contribution >= 0.6 is 0 Å². The summed E-state index contributed by atoms with van der Waals surface area (Å²) in [5.74, 6) is -2.61. The summed E-state index contributed by atoms with van der Waals surface area (Å²) in [5.41, 5.74) is 5.05. The van der Waals surface area contributed by atoms with E-state index in [-0.39, 0.29) is 18.1 Å². The highest BCUT2D eigenvalue weighted by molar-refractivity contribution is 6.03. The second-order valence-corrected chi connectivity index (χ2v) is 10.0. The van der Waals surface area contributed by atoms with Crippen LogP contribution in [0.25, 0.3) is 44.2 Å². The van der Waals surface area contributed by atoms with Gasteiger partial charge in [-0.1, -0.05) is 36.4 Å². The van der Waals surface area contributed by atoms with Crippen molar-refractivity contribution in [2.75, 3.05) is 13.2 Å². The monoisotopic (exact) mass is 503 g/mol. The van der Waals surface area contributed by atoms with Crippen LogP contribution in [0.1, 0.15) is 12.8 Å². The molecule has 37 heavy (non-hydrogen) atoms. The number of benzene rings is 2. The van der Waals surface area contributed by atoms with Gasteiger partial charge < -0.3 is 19.2 Å². The lowest BCUT2D eigenvalue weighted by Crippen LogP contribution is -2.34. The molecule has 1 fully saturated rings. The van der Waals surface area contributed by atoms with Gasteiger partial charge >= 0.3 is 0 Å². The first-order valence-corrected chi connectivity index (χ1v) is 12.7. The number of ether oxygens (including phenoxy) is 1. The summed E-state index contributed by atoms with van der Waals surface area (Å²) >= 11 is 0. The molecule has 2 aliphatic rings. The Morgan fingerprint density at radius 1 is 0.946 bits per heavy atom. The lowest BCUT2D eigenvalue weighted by atomic mass is 10.0. The van der Waals surface area contributed by atoms with E-state index in [1.165, 1.54) is 0 Å². The second-order valence-electron chi connectivity index (χ2n) is 10.0. The maximum Gasteiger partial charge on any atom is 0.272 e. The number of nitrogens with zero attached hydrogens (tertiary/aromatic N) is 2. The third-order valence-electron chi connectivity index (χ3n) is 7.69. The van der Waals surface area contributed by atoms with Gasteiger partial charge in [-0.15, -0.1) is 0 Å². The summed E-state index contributed by atoms with van der Waals surface area (Å²) in [6, 6.07) is 15.4. The summed E-state index contributed by atoms with van der Waals surface area (Å²) < 4.78 is 37.5. The van der Waals surface area contributed by atoms with Crippen molar-refractivity contribution in [2.45, 2.75) is 44.0 Å². The minimum Gasteiger partial charge on any atom is -0.375 e. The maximum absolute atomic E-state index is 13.5. The number of aryl methyl sites for hydroxylation is 1. The molecule has 0 radical (unpaired) electrons. The first kappa shape index (κ1) is 22.5. The molecular weight excluding hydrogens is 476 g/mol. The predicted molar refractivity (Wildman–Crippen MR) is 139 cm³/mol. The van der Waals surface area contributed by atoms with E-state index in [0.29, 0.717) is 38.2 Å². The van der Waals surface area contributed by atoms with Crippen molar-refractivity contribution in [3.05, 3.63) is 71.3 Å². The second kappa shape index (κ2) is 8.43. The molecule has 0 saturated heterocycles. The van der Waals surface area contributed by atoms with E-state index < -0.39 is 12.0 Å². The Morgan fingerprint density at radius 2 is 1.59 bits per heavy atom. The average Bonchev–Trinajstić information content (AvgIpc) is 3.23. The molecule has 7 nitrogen and oxygen atoms in total. The Hall–Kier alpha value is -3.69. The number of hydrogen-bond donors (Lipinski definition) is 3. The fourth-order valence-electron chi connectivity index (χ4n) is 5.63. The van der Waals surface area contributed by atoms with Gasteiger partial charge in [-0.2, -0.15) is 0 Å². The van der Waals surface area contributed by atoms with Gasteiger partial charge in [0.1, 0.15) is 0 Å². The number of aromatic amines is 2. The van der Waals surface area contributed by atoms with E-state index >= 15 is 0 Å². The quantitative estimate of drug-likeness (QED) is 0.333. The Labute approximate surface area is 211 Å². The molecule has 5 aromatic rings. The lowest BCUT2D eigenvalue weighted by Gasteiger charge is -2.20. The smallest absolute Gasteiger partial charge is 0.272 e. The molecule has 9 heteroatoms. The van der Waals surface area contributed by atoms with Crippen molar-refractivity contribution >= 4 is 21.8 Å². The molecule has 1 aliphatic carbocycles. The zero-order chi connectivity index (χ0) is 25.1. The summed E-state index contributed by atoms with van der Waals surface area (Å²) in [7, 11) is 0. The average molecular weight is 504 g/mol. The van der Waals surface area contributed by atoms with Crippen LogP contribution in [0.2, 0.25) is 0 Å². The molecule has 1 unspecified atom stereocenters. The third kappa shape index (κ3) is 3.81. The van der Waals surface area contributed by atoms with Crippen molar-refractivity contribution < 1.29 is 13.5 Å². The Kier molecular flexibility index (Phi) is 5.12. The van der Waals surface area contributed by atoms with Gasteiger partial charge in [-0.05, 0) is 18.6 Å². The molecule has 3 aromatic heterocycles. The van der Waals surface area contributed by atoms with Gasteiger partial charge in [0, 0.05) is 71.4 Å². The normalized spacial score (nSPS) is 21.1. The predicted octanol–water partition coefficient (Wildman–Crippen LogP) is 4.73. The van der Waals surface area contributed by atoms with E-state index in [1.807, 2.05) is 42.6 Å². The molecule has 1 aliphatic heterocycles. The van der Waals surface area contributed by atoms with Crippen LogP contribution in [-0.4, -0.2) is 50.6 Å². The Bertz CT molecular complexity index is 1680. The van der Waals surface area contributed by atoms with E-state index in [1.54, 1.807) is 0 Å². The van der Waals surface area contributed by atoms with Crippen LogP contribution in [0.3, 0.4) is 0 Å².